The number of hydrogen-bond acceptors (Lipinski definition) is 4. The zero-order valence-corrected chi connectivity index (χ0v) is 17.5. The quantitative estimate of drug-likeness (QED) is 0.428. The molecule has 2 heterocycles. The molecule has 2 aromatic carbocycles. The molecule has 7 nitrogen and oxygen atoms in total. The first kappa shape index (κ1) is 20.9. The van der Waals surface area contributed by atoms with Crippen LogP contribution in [0.15, 0.2) is 67.0 Å². The minimum atomic E-state index is -0.531. The van der Waals surface area contributed by atoms with Gasteiger partial charge in [0.2, 0.25) is 0 Å². The van der Waals surface area contributed by atoms with Crippen LogP contribution in [0.5, 0.6) is 5.75 Å². The SMILES string of the molecule is O=C(Nc1nn(Cc2ccccc2)cc1Cl)c1ccn(COc2ccc(F)c(Cl)c2)n1. The summed E-state index contributed by atoms with van der Waals surface area (Å²) in [6.07, 6.45) is 3.22. The summed E-state index contributed by atoms with van der Waals surface area (Å²) in [4.78, 5) is 12.5. The molecule has 158 valence electrons. The number of nitrogens with zero attached hydrogens (tertiary/aromatic N) is 4. The second-order valence-electron chi connectivity index (χ2n) is 6.55. The van der Waals surface area contributed by atoms with Crippen molar-refractivity contribution < 1.29 is 13.9 Å². The minimum absolute atomic E-state index is 0.0156. The third-order valence-corrected chi connectivity index (χ3v) is 4.83. The van der Waals surface area contributed by atoms with E-state index in [1.165, 1.54) is 28.9 Å². The number of carbonyl (C=O) groups is 1. The molecular formula is C21H16Cl2FN5O2. The summed E-state index contributed by atoms with van der Waals surface area (Å²) in [7, 11) is 0. The second-order valence-corrected chi connectivity index (χ2v) is 7.37. The van der Waals surface area contributed by atoms with E-state index in [4.69, 9.17) is 27.9 Å². The Morgan fingerprint density at radius 3 is 2.61 bits per heavy atom. The molecule has 0 bridgehead atoms. The predicted molar refractivity (Wildman–Crippen MR) is 115 cm³/mol. The highest BCUT2D eigenvalue weighted by molar-refractivity contribution is 6.33. The average Bonchev–Trinajstić information content (AvgIpc) is 3.36. The molecule has 0 aliphatic heterocycles. The zero-order valence-electron chi connectivity index (χ0n) is 16.0. The zero-order chi connectivity index (χ0) is 21.8. The molecule has 0 aliphatic rings. The van der Waals surface area contributed by atoms with Crippen molar-refractivity contribution in [3.8, 4) is 5.75 Å². The standard InChI is InChI=1S/C21H16Cl2FN5O2/c22-16-10-15(6-7-18(16)24)31-13-28-9-8-19(26-28)21(30)25-20-17(23)12-29(27-20)11-14-4-2-1-3-5-14/h1-10,12H,11,13H2,(H,25,27,30). The number of carbonyl (C=O) groups excluding carboxylic acids is 1. The Balaban J connectivity index is 1.37. The van der Waals surface area contributed by atoms with Gasteiger partial charge in [0.15, 0.2) is 18.2 Å². The van der Waals surface area contributed by atoms with Crippen LogP contribution in [-0.2, 0) is 13.3 Å². The van der Waals surface area contributed by atoms with E-state index in [0.29, 0.717) is 17.3 Å². The molecule has 1 amide bonds. The molecule has 10 heteroatoms. The Bertz CT molecular complexity index is 1210. The first-order valence-electron chi connectivity index (χ1n) is 9.17. The van der Waals surface area contributed by atoms with Gasteiger partial charge < -0.3 is 10.1 Å². The number of aromatic nitrogens is 4. The number of rotatable bonds is 7. The van der Waals surface area contributed by atoms with Gasteiger partial charge in [-0.05, 0) is 23.8 Å². The van der Waals surface area contributed by atoms with Crippen molar-refractivity contribution in [2.75, 3.05) is 5.32 Å². The number of amides is 1. The number of ether oxygens (including phenoxy) is 1. The molecule has 31 heavy (non-hydrogen) atoms. The van der Waals surface area contributed by atoms with E-state index in [2.05, 4.69) is 15.5 Å². The van der Waals surface area contributed by atoms with Gasteiger partial charge in [0.1, 0.15) is 16.6 Å². The Labute approximate surface area is 187 Å². The van der Waals surface area contributed by atoms with E-state index in [1.54, 1.807) is 17.1 Å². The maximum absolute atomic E-state index is 13.2. The number of nitrogens with one attached hydrogen (secondary N) is 1. The molecular weight excluding hydrogens is 444 g/mol. The molecule has 0 unspecified atom stereocenters. The van der Waals surface area contributed by atoms with Crippen molar-refractivity contribution in [2.24, 2.45) is 0 Å². The van der Waals surface area contributed by atoms with Crippen molar-refractivity contribution in [2.45, 2.75) is 13.3 Å². The fraction of sp³-hybridized carbons (Fsp3) is 0.0952. The van der Waals surface area contributed by atoms with Crippen molar-refractivity contribution in [3.05, 3.63) is 94.1 Å². The average molecular weight is 460 g/mol. The molecule has 2 aromatic heterocycles. The summed E-state index contributed by atoms with van der Waals surface area (Å²) < 4.78 is 21.8. The Morgan fingerprint density at radius 1 is 1.03 bits per heavy atom. The third-order valence-electron chi connectivity index (χ3n) is 4.26. The van der Waals surface area contributed by atoms with Crippen LogP contribution in [-0.4, -0.2) is 25.5 Å². The molecule has 0 aliphatic carbocycles. The highest BCUT2D eigenvalue weighted by atomic mass is 35.5. The minimum Gasteiger partial charge on any atom is -0.471 e. The largest absolute Gasteiger partial charge is 0.471 e. The Morgan fingerprint density at radius 2 is 1.84 bits per heavy atom. The molecule has 0 spiro atoms. The lowest BCUT2D eigenvalue weighted by Gasteiger charge is -2.06. The number of halogens is 3. The maximum atomic E-state index is 13.2. The first-order chi connectivity index (χ1) is 15.0. The highest BCUT2D eigenvalue weighted by Gasteiger charge is 2.15. The summed E-state index contributed by atoms with van der Waals surface area (Å²) >= 11 is 11.9. The van der Waals surface area contributed by atoms with E-state index in [-0.39, 0.29) is 23.3 Å². The number of hydrogen-bond donors (Lipinski definition) is 1. The Hall–Kier alpha value is -3.36. The molecule has 4 rings (SSSR count). The van der Waals surface area contributed by atoms with Gasteiger partial charge in [-0.3, -0.25) is 9.48 Å². The molecule has 0 fully saturated rings. The molecule has 0 atom stereocenters. The molecule has 0 saturated carbocycles. The van der Waals surface area contributed by atoms with Crippen molar-refractivity contribution in [1.29, 1.82) is 0 Å². The summed E-state index contributed by atoms with van der Waals surface area (Å²) in [6.45, 7) is 0.539. The van der Waals surface area contributed by atoms with Gasteiger partial charge in [-0.15, -0.1) is 0 Å². The van der Waals surface area contributed by atoms with Crippen molar-refractivity contribution in [1.82, 2.24) is 19.6 Å². The van der Waals surface area contributed by atoms with E-state index in [9.17, 15) is 9.18 Å². The van der Waals surface area contributed by atoms with E-state index >= 15 is 0 Å². The fourth-order valence-electron chi connectivity index (χ4n) is 2.77. The van der Waals surface area contributed by atoms with Crippen LogP contribution in [0.3, 0.4) is 0 Å². The van der Waals surface area contributed by atoms with Crippen LogP contribution in [0, 0.1) is 5.82 Å². The molecule has 0 saturated heterocycles. The summed E-state index contributed by atoms with van der Waals surface area (Å²) in [5.74, 6) is -0.370. The molecule has 0 radical (unpaired) electrons. The van der Waals surface area contributed by atoms with Crippen LogP contribution >= 0.6 is 23.2 Å². The van der Waals surface area contributed by atoms with Gasteiger partial charge in [-0.2, -0.15) is 10.2 Å². The predicted octanol–water partition coefficient (Wildman–Crippen LogP) is 4.86. The van der Waals surface area contributed by atoms with Crippen LogP contribution in [0.2, 0.25) is 10.0 Å². The lowest BCUT2D eigenvalue weighted by Crippen LogP contribution is -2.15. The van der Waals surface area contributed by atoms with Crippen LogP contribution in [0.25, 0.3) is 0 Å². The molecule has 4 aromatic rings. The second kappa shape index (κ2) is 9.20. The van der Waals surface area contributed by atoms with Gasteiger partial charge >= 0.3 is 0 Å². The third kappa shape index (κ3) is 5.22. The first-order valence-corrected chi connectivity index (χ1v) is 9.93. The van der Waals surface area contributed by atoms with E-state index in [0.717, 1.165) is 5.56 Å². The van der Waals surface area contributed by atoms with Gasteiger partial charge in [-0.25, -0.2) is 9.07 Å². The van der Waals surface area contributed by atoms with Crippen molar-refractivity contribution >= 4 is 34.9 Å². The number of anilines is 1. The van der Waals surface area contributed by atoms with Crippen LogP contribution in [0.4, 0.5) is 10.2 Å². The maximum Gasteiger partial charge on any atom is 0.277 e. The monoisotopic (exact) mass is 459 g/mol. The topological polar surface area (TPSA) is 74.0 Å². The smallest absolute Gasteiger partial charge is 0.277 e. The lowest BCUT2D eigenvalue weighted by molar-refractivity contribution is 0.101. The Kier molecular flexibility index (Phi) is 6.20. The van der Waals surface area contributed by atoms with Crippen LogP contribution in [0.1, 0.15) is 16.1 Å². The van der Waals surface area contributed by atoms with Gasteiger partial charge in [0.05, 0.1) is 11.6 Å². The van der Waals surface area contributed by atoms with Crippen molar-refractivity contribution in [3.63, 3.8) is 0 Å². The normalized spacial score (nSPS) is 10.8. The van der Waals surface area contributed by atoms with Crippen LogP contribution < -0.4 is 10.1 Å². The lowest BCUT2D eigenvalue weighted by atomic mass is 10.2. The van der Waals surface area contributed by atoms with E-state index < -0.39 is 11.7 Å². The van der Waals surface area contributed by atoms with Gasteiger partial charge in [-0.1, -0.05) is 53.5 Å². The number of benzene rings is 2. The highest BCUT2D eigenvalue weighted by Crippen LogP contribution is 2.22. The van der Waals surface area contributed by atoms with E-state index in [1.807, 2.05) is 30.3 Å². The fourth-order valence-corrected chi connectivity index (χ4v) is 3.14. The molecule has 1 N–H and O–H groups in total. The summed E-state index contributed by atoms with van der Waals surface area (Å²) in [5, 5.41) is 11.4. The summed E-state index contributed by atoms with van der Waals surface area (Å²) in [5.41, 5.74) is 1.22. The van der Waals surface area contributed by atoms with Gasteiger partial charge in [0.25, 0.3) is 5.91 Å². The summed E-state index contributed by atoms with van der Waals surface area (Å²) in [6, 6.07) is 15.3. The van der Waals surface area contributed by atoms with Gasteiger partial charge in [0, 0.05) is 18.5 Å².